The molecule has 1 atom stereocenters. The summed E-state index contributed by atoms with van der Waals surface area (Å²) in [4.78, 5) is 4.39. The first-order chi connectivity index (χ1) is 6.34. The molecule has 0 spiro atoms. The molecule has 1 N–H and O–H groups in total. The number of nitrogens with one attached hydrogen (secondary N) is 1. The minimum atomic E-state index is 0. The molecule has 5 heteroatoms. The Morgan fingerprint density at radius 2 is 2.36 bits per heavy atom. The maximum Gasteiger partial charge on any atom is 0.107 e. The average molecular weight is 296 g/mol. The lowest BCUT2D eigenvalue weighted by Gasteiger charge is -2.06. The van der Waals surface area contributed by atoms with Crippen molar-refractivity contribution in [2.45, 2.75) is 16.7 Å². The molecular formula is C9H12BrClN2S. The average Bonchev–Trinajstić information content (AvgIpc) is 2.57. The van der Waals surface area contributed by atoms with E-state index < -0.39 is 0 Å². The molecule has 14 heavy (non-hydrogen) atoms. The van der Waals surface area contributed by atoms with Crippen LogP contribution >= 0.6 is 40.1 Å². The highest BCUT2D eigenvalue weighted by molar-refractivity contribution is 9.10. The van der Waals surface area contributed by atoms with Gasteiger partial charge in [0.2, 0.25) is 0 Å². The van der Waals surface area contributed by atoms with Crippen LogP contribution in [0.15, 0.2) is 27.8 Å². The Bertz CT molecular complexity index is 292. The molecule has 2 rings (SSSR count). The lowest BCUT2D eigenvalue weighted by atomic mass is 10.4. The molecule has 78 valence electrons. The fraction of sp³-hybridized carbons (Fsp3) is 0.444. The summed E-state index contributed by atoms with van der Waals surface area (Å²) in [5, 5.41) is 5.16. The number of hydrogen-bond acceptors (Lipinski definition) is 3. The van der Waals surface area contributed by atoms with Gasteiger partial charge in [0.25, 0.3) is 0 Å². The Balaban J connectivity index is 0.000000980. The number of nitrogens with zero attached hydrogens (tertiary/aromatic N) is 1. The Morgan fingerprint density at radius 3 is 3.00 bits per heavy atom. The van der Waals surface area contributed by atoms with Gasteiger partial charge in [-0.05, 0) is 41.0 Å². The first-order valence-electron chi connectivity index (χ1n) is 4.34. The van der Waals surface area contributed by atoms with Gasteiger partial charge in [0.15, 0.2) is 0 Å². The second-order valence-corrected chi connectivity index (χ2v) is 5.16. The van der Waals surface area contributed by atoms with Gasteiger partial charge in [-0.15, -0.1) is 24.2 Å². The predicted octanol–water partition coefficient (Wildman–Crippen LogP) is 2.72. The molecule has 2 nitrogen and oxygen atoms in total. The summed E-state index contributed by atoms with van der Waals surface area (Å²) >= 11 is 5.23. The van der Waals surface area contributed by atoms with Gasteiger partial charge < -0.3 is 5.32 Å². The van der Waals surface area contributed by atoms with Crippen molar-refractivity contribution in [3.05, 3.63) is 22.8 Å². The van der Waals surface area contributed by atoms with E-state index in [9.17, 15) is 0 Å². The smallest absolute Gasteiger partial charge is 0.107 e. The molecule has 2 heterocycles. The van der Waals surface area contributed by atoms with Crippen molar-refractivity contribution in [2.24, 2.45) is 0 Å². The van der Waals surface area contributed by atoms with Crippen molar-refractivity contribution in [1.29, 1.82) is 0 Å². The number of pyridine rings is 1. The summed E-state index contributed by atoms with van der Waals surface area (Å²) in [5.74, 6) is 0. The Morgan fingerprint density at radius 1 is 1.50 bits per heavy atom. The van der Waals surface area contributed by atoms with E-state index in [2.05, 4.69) is 32.3 Å². The van der Waals surface area contributed by atoms with E-state index in [0.29, 0.717) is 5.25 Å². The molecule has 1 fully saturated rings. The second-order valence-electron chi connectivity index (χ2n) is 3.03. The Hall–Kier alpha value is 0.230. The standard InChI is InChI=1S/C9H11BrN2S.ClH/c10-8-2-1-3-9(12-8)13-7-4-5-11-6-7;/h1-3,7,11H,4-6H2;1H. The molecule has 1 aromatic heterocycles. The number of hydrogen-bond donors (Lipinski definition) is 1. The molecule has 0 aliphatic carbocycles. The van der Waals surface area contributed by atoms with E-state index in [0.717, 1.165) is 22.7 Å². The molecule has 1 saturated heterocycles. The van der Waals surface area contributed by atoms with E-state index in [-0.39, 0.29) is 12.4 Å². The van der Waals surface area contributed by atoms with E-state index in [1.54, 1.807) is 0 Å². The SMILES string of the molecule is Brc1cccc(SC2CCNC2)n1.Cl. The number of thioether (sulfide) groups is 1. The van der Waals surface area contributed by atoms with Crippen LogP contribution in [0.25, 0.3) is 0 Å². The monoisotopic (exact) mass is 294 g/mol. The maximum absolute atomic E-state index is 4.39. The summed E-state index contributed by atoms with van der Waals surface area (Å²) in [6, 6.07) is 6.05. The van der Waals surface area contributed by atoms with Gasteiger partial charge in [-0.3, -0.25) is 0 Å². The van der Waals surface area contributed by atoms with Crippen LogP contribution in [0.5, 0.6) is 0 Å². The first kappa shape index (κ1) is 12.3. The summed E-state index contributed by atoms with van der Waals surface area (Å²) in [7, 11) is 0. The van der Waals surface area contributed by atoms with Crippen molar-refractivity contribution >= 4 is 40.1 Å². The van der Waals surface area contributed by atoms with Crippen LogP contribution in [0.1, 0.15) is 6.42 Å². The van der Waals surface area contributed by atoms with Crippen LogP contribution in [0.3, 0.4) is 0 Å². The zero-order valence-corrected chi connectivity index (χ0v) is 10.8. The largest absolute Gasteiger partial charge is 0.316 e. The molecule has 1 aliphatic rings. The van der Waals surface area contributed by atoms with E-state index >= 15 is 0 Å². The van der Waals surface area contributed by atoms with Crippen molar-refractivity contribution in [2.75, 3.05) is 13.1 Å². The van der Waals surface area contributed by atoms with E-state index in [4.69, 9.17) is 0 Å². The minimum absolute atomic E-state index is 0. The molecule has 0 aromatic carbocycles. The number of halogens is 2. The van der Waals surface area contributed by atoms with Gasteiger partial charge >= 0.3 is 0 Å². The third kappa shape index (κ3) is 3.42. The van der Waals surface area contributed by atoms with Crippen LogP contribution < -0.4 is 5.32 Å². The van der Waals surface area contributed by atoms with Crippen LogP contribution in [0.2, 0.25) is 0 Å². The highest BCUT2D eigenvalue weighted by Gasteiger charge is 2.15. The lowest BCUT2D eigenvalue weighted by Crippen LogP contribution is -2.10. The Labute approximate surface area is 103 Å². The number of rotatable bonds is 2. The topological polar surface area (TPSA) is 24.9 Å². The van der Waals surface area contributed by atoms with Gasteiger partial charge in [0.05, 0.1) is 5.03 Å². The maximum atomic E-state index is 4.39. The van der Waals surface area contributed by atoms with E-state index in [1.165, 1.54) is 6.42 Å². The molecule has 0 bridgehead atoms. The van der Waals surface area contributed by atoms with Gasteiger partial charge in [-0.2, -0.15) is 0 Å². The van der Waals surface area contributed by atoms with Gasteiger partial charge in [0, 0.05) is 11.8 Å². The van der Waals surface area contributed by atoms with Gasteiger partial charge in [-0.1, -0.05) is 6.07 Å². The second kappa shape index (κ2) is 5.95. The third-order valence-corrected chi connectivity index (χ3v) is 3.64. The van der Waals surface area contributed by atoms with Gasteiger partial charge in [-0.25, -0.2) is 4.98 Å². The fourth-order valence-electron chi connectivity index (χ4n) is 1.35. The van der Waals surface area contributed by atoms with E-state index in [1.807, 2.05) is 23.9 Å². The fourth-order valence-corrected chi connectivity index (χ4v) is 2.90. The lowest BCUT2D eigenvalue weighted by molar-refractivity contribution is 0.858. The highest BCUT2D eigenvalue weighted by atomic mass is 79.9. The summed E-state index contributed by atoms with van der Waals surface area (Å²) in [6.07, 6.45) is 1.25. The Kier molecular flexibility index (Phi) is 5.23. The van der Waals surface area contributed by atoms with Crippen molar-refractivity contribution in [3.63, 3.8) is 0 Å². The quantitative estimate of drug-likeness (QED) is 0.849. The third-order valence-electron chi connectivity index (χ3n) is 1.99. The summed E-state index contributed by atoms with van der Waals surface area (Å²) < 4.78 is 0.920. The molecule has 1 unspecified atom stereocenters. The molecule has 0 amide bonds. The van der Waals surface area contributed by atoms with Crippen molar-refractivity contribution < 1.29 is 0 Å². The predicted molar refractivity (Wildman–Crippen MR) is 66.3 cm³/mol. The van der Waals surface area contributed by atoms with Crippen LogP contribution in [0, 0.1) is 0 Å². The molecule has 1 aromatic rings. The highest BCUT2D eigenvalue weighted by Crippen LogP contribution is 2.25. The van der Waals surface area contributed by atoms with Crippen LogP contribution in [-0.4, -0.2) is 23.3 Å². The van der Waals surface area contributed by atoms with Crippen molar-refractivity contribution in [1.82, 2.24) is 10.3 Å². The molecule has 1 aliphatic heterocycles. The summed E-state index contributed by atoms with van der Waals surface area (Å²) in [5.41, 5.74) is 0. The number of aromatic nitrogens is 1. The van der Waals surface area contributed by atoms with Gasteiger partial charge in [0.1, 0.15) is 4.60 Å². The molecule has 0 radical (unpaired) electrons. The first-order valence-corrected chi connectivity index (χ1v) is 6.02. The summed E-state index contributed by atoms with van der Waals surface area (Å²) in [6.45, 7) is 2.25. The zero-order chi connectivity index (χ0) is 9.10. The van der Waals surface area contributed by atoms with Crippen LogP contribution in [-0.2, 0) is 0 Å². The van der Waals surface area contributed by atoms with Crippen molar-refractivity contribution in [3.8, 4) is 0 Å². The molecule has 0 saturated carbocycles. The van der Waals surface area contributed by atoms with Crippen LogP contribution in [0.4, 0.5) is 0 Å². The zero-order valence-electron chi connectivity index (χ0n) is 7.57. The minimum Gasteiger partial charge on any atom is -0.316 e. The molecular weight excluding hydrogens is 284 g/mol. The normalized spacial score (nSPS) is 20.5.